The number of aryl methyl sites for hydroxylation is 1. The molecular formula is C21H27N5O. The summed E-state index contributed by atoms with van der Waals surface area (Å²) < 4.78 is 7.79. The van der Waals surface area contributed by atoms with Crippen LogP contribution in [0.4, 0.5) is 0 Å². The number of imidazole rings is 1. The number of guanidine groups is 1. The van der Waals surface area contributed by atoms with Gasteiger partial charge >= 0.3 is 0 Å². The van der Waals surface area contributed by atoms with Crippen LogP contribution in [0.2, 0.25) is 0 Å². The Hall–Kier alpha value is -3.02. The van der Waals surface area contributed by atoms with Crippen LogP contribution < -0.4 is 15.4 Å². The summed E-state index contributed by atoms with van der Waals surface area (Å²) in [6.45, 7) is 6.63. The highest BCUT2D eigenvalue weighted by molar-refractivity contribution is 5.80. The zero-order chi connectivity index (χ0) is 19.1. The maximum absolute atomic E-state index is 5.68. The van der Waals surface area contributed by atoms with Gasteiger partial charge in [0.05, 0.1) is 30.7 Å². The Labute approximate surface area is 160 Å². The summed E-state index contributed by atoms with van der Waals surface area (Å²) in [6.07, 6.45) is 0. The molecule has 0 aliphatic carbocycles. The third-order valence-electron chi connectivity index (χ3n) is 4.32. The molecule has 2 N–H and O–H groups in total. The lowest BCUT2D eigenvalue weighted by molar-refractivity contribution is 0.336. The van der Waals surface area contributed by atoms with Crippen LogP contribution in [0, 0.1) is 0 Å². The van der Waals surface area contributed by atoms with Gasteiger partial charge < -0.3 is 19.9 Å². The van der Waals surface area contributed by atoms with Crippen LogP contribution in [-0.4, -0.2) is 28.7 Å². The lowest BCUT2D eigenvalue weighted by Crippen LogP contribution is -2.37. The number of fused-ring (bicyclic) bond motifs is 1. The number of aliphatic imine (C=N–C) groups is 1. The molecule has 0 radical (unpaired) electrons. The molecule has 142 valence electrons. The predicted molar refractivity (Wildman–Crippen MR) is 110 cm³/mol. The molecule has 0 amide bonds. The van der Waals surface area contributed by atoms with Crippen molar-refractivity contribution in [2.45, 2.75) is 26.9 Å². The standard InChI is InChI=1S/C21H27N5O/c1-4-22-21(23-14-16-10-6-9-13-19(16)27-5-2)24-15-20-25-17-11-7-8-12-18(17)26(20)3/h6-13H,4-5,14-15H2,1-3H3,(H2,22,23,24). The molecule has 6 heteroatoms. The fourth-order valence-electron chi connectivity index (χ4n) is 2.95. The molecule has 6 nitrogen and oxygen atoms in total. The monoisotopic (exact) mass is 365 g/mol. The number of nitrogens with one attached hydrogen (secondary N) is 2. The Balaban J connectivity index is 1.71. The van der Waals surface area contributed by atoms with Crippen molar-refractivity contribution >= 4 is 17.0 Å². The highest BCUT2D eigenvalue weighted by Crippen LogP contribution is 2.18. The van der Waals surface area contributed by atoms with E-state index in [2.05, 4.69) is 28.2 Å². The van der Waals surface area contributed by atoms with Crippen LogP contribution >= 0.6 is 0 Å². The van der Waals surface area contributed by atoms with Gasteiger partial charge in [-0.25, -0.2) is 9.98 Å². The molecule has 0 saturated carbocycles. The van der Waals surface area contributed by atoms with Crippen LogP contribution in [0.15, 0.2) is 53.5 Å². The van der Waals surface area contributed by atoms with Gasteiger partial charge in [0.15, 0.2) is 5.96 Å². The van der Waals surface area contributed by atoms with E-state index < -0.39 is 0 Å². The quantitative estimate of drug-likeness (QED) is 0.498. The van der Waals surface area contributed by atoms with Crippen molar-refractivity contribution in [3.63, 3.8) is 0 Å². The first-order valence-electron chi connectivity index (χ1n) is 9.36. The summed E-state index contributed by atoms with van der Waals surface area (Å²) in [6, 6.07) is 16.2. The Morgan fingerprint density at radius 3 is 2.63 bits per heavy atom. The third kappa shape index (κ3) is 4.58. The lowest BCUT2D eigenvalue weighted by Gasteiger charge is -2.12. The van der Waals surface area contributed by atoms with E-state index in [0.717, 1.165) is 40.7 Å². The largest absolute Gasteiger partial charge is 0.494 e. The van der Waals surface area contributed by atoms with E-state index in [-0.39, 0.29) is 0 Å². The van der Waals surface area contributed by atoms with E-state index in [9.17, 15) is 0 Å². The van der Waals surface area contributed by atoms with Crippen molar-refractivity contribution in [2.75, 3.05) is 13.2 Å². The van der Waals surface area contributed by atoms with Gasteiger partial charge in [0.2, 0.25) is 0 Å². The Morgan fingerprint density at radius 1 is 1.07 bits per heavy atom. The maximum atomic E-state index is 5.68. The number of para-hydroxylation sites is 3. The molecule has 2 aromatic carbocycles. The van der Waals surface area contributed by atoms with Crippen LogP contribution in [0.5, 0.6) is 5.75 Å². The Kier molecular flexibility index (Phi) is 6.30. The smallest absolute Gasteiger partial charge is 0.191 e. The van der Waals surface area contributed by atoms with Gasteiger partial charge in [-0.2, -0.15) is 0 Å². The summed E-state index contributed by atoms with van der Waals surface area (Å²) in [7, 11) is 2.04. The molecule has 0 aliphatic heterocycles. The third-order valence-corrected chi connectivity index (χ3v) is 4.32. The molecule has 0 atom stereocenters. The summed E-state index contributed by atoms with van der Waals surface area (Å²) in [5, 5.41) is 6.66. The predicted octanol–water partition coefficient (Wildman–Crippen LogP) is 3.23. The molecule has 0 fully saturated rings. The molecule has 0 bridgehead atoms. The number of benzene rings is 2. The van der Waals surface area contributed by atoms with Gasteiger partial charge in [-0.3, -0.25) is 0 Å². The van der Waals surface area contributed by atoms with Crippen molar-refractivity contribution in [2.24, 2.45) is 12.0 Å². The molecule has 0 aliphatic rings. The number of aromatic nitrogens is 2. The van der Waals surface area contributed by atoms with Gasteiger partial charge in [0, 0.05) is 19.2 Å². The maximum Gasteiger partial charge on any atom is 0.191 e. The number of hydrogen-bond acceptors (Lipinski definition) is 3. The summed E-state index contributed by atoms with van der Waals surface area (Å²) >= 11 is 0. The van der Waals surface area contributed by atoms with Crippen LogP contribution in [0.25, 0.3) is 11.0 Å². The van der Waals surface area contributed by atoms with Gasteiger partial charge in [-0.15, -0.1) is 0 Å². The van der Waals surface area contributed by atoms with Crippen molar-refractivity contribution in [1.29, 1.82) is 0 Å². The van der Waals surface area contributed by atoms with Gasteiger partial charge in [0.25, 0.3) is 0 Å². The van der Waals surface area contributed by atoms with E-state index in [1.165, 1.54) is 0 Å². The molecule has 1 aromatic heterocycles. The topological polar surface area (TPSA) is 63.5 Å². The second kappa shape index (κ2) is 9.07. The fraction of sp³-hybridized carbons (Fsp3) is 0.333. The van der Waals surface area contributed by atoms with E-state index in [1.54, 1.807) is 0 Å². The van der Waals surface area contributed by atoms with Crippen molar-refractivity contribution in [3.05, 3.63) is 59.9 Å². The average molecular weight is 365 g/mol. The molecule has 0 unspecified atom stereocenters. The summed E-state index contributed by atoms with van der Waals surface area (Å²) in [5.74, 6) is 2.61. The molecule has 3 aromatic rings. The van der Waals surface area contributed by atoms with Crippen molar-refractivity contribution < 1.29 is 4.74 Å². The molecule has 27 heavy (non-hydrogen) atoms. The van der Waals surface area contributed by atoms with Crippen LogP contribution in [0.1, 0.15) is 25.2 Å². The normalized spacial score (nSPS) is 11.6. The first-order chi connectivity index (χ1) is 13.2. The first kappa shape index (κ1) is 18.8. The fourth-order valence-corrected chi connectivity index (χ4v) is 2.95. The van der Waals surface area contributed by atoms with Crippen LogP contribution in [0.3, 0.4) is 0 Å². The van der Waals surface area contributed by atoms with Crippen molar-refractivity contribution in [1.82, 2.24) is 20.2 Å². The minimum atomic E-state index is 0.550. The first-order valence-corrected chi connectivity index (χ1v) is 9.36. The van der Waals surface area contributed by atoms with E-state index in [4.69, 9.17) is 14.7 Å². The van der Waals surface area contributed by atoms with E-state index in [1.807, 2.05) is 56.4 Å². The van der Waals surface area contributed by atoms with E-state index >= 15 is 0 Å². The Bertz CT molecular complexity index is 916. The molecule has 0 saturated heterocycles. The molecule has 1 heterocycles. The van der Waals surface area contributed by atoms with Crippen LogP contribution in [-0.2, 0) is 20.1 Å². The molecular weight excluding hydrogens is 338 g/mol. The van der Waals surface area contributed by atoms with Gasteiger partial charge in [-0.05, 0) is 32.0 Å². The van der Waals surface area contributed by atoms with Crippen molar-refractivity contribution in [3.8, 4) is 5.75 Å². The van der Waals surface area contributed by atoms with E-state index in [0.29, 0.717) is 19.7 Å². The van der Waals surface area contributed by atoms with Gasteiger partial charge in [0.1, 0.15) is 11.6 Å². The summed E-state index contributed by atoms with van der Waals surface area (Å²) in [4.78, 5) is 9.40. The average Bonchev–Trinajstić information content (AvgIpc) is 3.01. The number of ether oxygens (including phenoxy) is 1. The second-order valence-corrected chi connectivity index (χ2v) is 6.17. The molecule has 0 spiro atoms. The zero-order valence-corrected chi connectivity index (χ0v) is 16.2. The number of hydrogen-bond donors (Lipinski definition) is 2. The summed E-state index contributed by atoms with van der Waals surface area (Å²) in [5.41, 5.74) is 3.20. The number of rotatable bonds is 7. The highest BCUT2D eigenvalue weighted by atomic mass is 16.5. The minimum absolute atomic E-state index is 0.550. The lowest BCUT2D eigenvalue weighted by atomic mass is 10.2. The molecule has 3 rings (SSSR count). The highest BCUT2D eigenvalue weighted by Gasteiger charge is 2.08. The number of nitrogens with zero attached hydrogens (tertiary/aromatic N) is 3. The SMILES string of the molecule is CCNC(=NCc1ccccc1OCC)NCc1nc2ccccc2n1C. The zero-order valence-electron chi connectivity index (χ0n) is 16.2. The van der Waals surface area contributed by atoms with Gasteiger partial charge in [-0.1, -0.05) is 30.3 Å². The minimum Gasteiger partial charge on any atom is -0.494 e. The Morgan fingerprint density at radius 2 is 1.85 bits per heavy atom. The second-order valence-electron chi connectivity index (χ2n) is 6.17.